The molecule has 314 valence electrons. The minimum absolute atomic E-state index is 0.477. The summed E-state index contributed by atoms with van der Waals surface area (Å²) in [5.41, 5.74) is 13.4. The van der Waals surface area contributed by atoms with Crippen molar-refractivity contribution in [3.63, 3.8) is 0 Å². The number of nitrogens with one attached hydrogen (secondary N) is 1. The average Bonchev–Trinajstić information content (AvgIpc) is 4.06. The molecule has 4 heterocycles. The Balaban J connectivity index is 1.03. The van der Waals surface area contributed by atoms with E-state index in [0.29, 0.717) is 5.84 Å². The van der Waals surface area contributed by atoms with Crippen molar-refractivity contribution in [2.75, 3.05) is 0 Å². The Morgan fingerprint density at radius 3 is 1.85 bits per heavy atom. The van der Waals surface area contributed by atoms with Crippen molar-refractivity contribution >= 4 is 88.0 Å². The van der Waals surface area contributed by atoms with Gasteiger partial charge < -0.3 is 18.9 Å². The summed E-state index contributed by atoms with van der Waals surface area (Å²) in [5, 5.41) is 13.0. The summed E-state index contributed by atoms with van der Waals surface area (Å²) in [6, 6.07) is 79.7. The van der Waals surface area contributed by atoms with Crippen molar-refractivity contribution in [1.82, 2.24) is 14.5 Å². The number of benzene rings is 10. The van der Waals surface area contributed by atoms with E-state index in [0.717, 1.165) is 88.9 Å². The second-order valence-electron chi connectivity index (χ2n) is 17.4. The molecule has 0 amide bonds. The van der Waals surface area contributed by atoms with Crippen LogP contribution in [0.15, 0.2) is 239 Å². The predicted octanol–water partition coefficient (Wildman–Crippen LogP) is 15.1. The first-order chi connectivity index (χ1) is 33.2. The zero-order valence-electron chi connectivity index (χ0n) is 36.1. The number of nitrogens with zero attached hydrogens (tertiary/aromatic N) is 4. The summed E-state index contributed by atoms with van der Waals surface area (Å²) in [6.07, 6.45) is -0.477. The van der Waals surface area contributed by atoms with Gasteiger partial charge in [-0.1, -0.05) is 164 Å². The Labute approximate surface area is 385 Å². The van der Waals surface area contributed by atoms with Gasteiger partial charge in [0.2, 0.25) is 0 Å². The maximum absolute atomic E-state index is 6.88. The normalized spacial score (nSPS) is 14.1. The molecule has 3 aromatic heterocycles. The number of para-hydroxylation sites is 4. The number of aliphatic imine (C=N–C) groups is 2. The highest BCUT2D eigenvalue weighted by atomic mass is 16.3. The second kappa shape index (κ2) is 14.8. The Morgan fingerprint density at radius 1 is 0.418 bits per heavy atom. The van der Waals surface area contributed by atoms with E-state index in [2.05, 4.69) is 233 Å². The zero-order chi connectivity index (χ0) is 44.0. The third-order valence-corrected chi connectivity index (χ3v) is 13.5. The molecule has 1 aliphatic rings. The van der Waals surface area contributed by atoms with Crippen LogP contribution in [0.3, 0.4) is 0 Å². The minimum Gasteiger partial charge on any atom is -0.454 e. The van der Waals surface area contributed by atoms with Crippen molar-refractivity contribution in [2.24, 2.45) is 9.98 Å². The van der Waals surface area contributed by atoms with Crippen LogP contribution in [0.1, 0.15) is 22.9 Å². The van der Waals surface area contributed by atoms with E-state index in [1.54, 1.807) is 0 Å². The number of rotatable bonds is 6. The molecule has 1 N–H and O–H groups in total. The van der Waals surface area contributed by atoms with Gasteiger partial charge in [-0.05, 0) is 82.6 Å². The molecule has 6 heteroatoms. The van der Waals surface area contributed by atoms with Crippen LogP contribution in [0.2, 0.25) is 0 Å². The SMILES string of the molecule is c1ccc(-c2ccc(C3=NC(c4cc(-n5c6ccccc6c6cc7ccccc7cc65)c5oc6ccccc6c5c4)=NC(c4cccc5c4c4ccccc4n5-c4ccccc4)N3)cc2)cc1. The maximum atomic E-state index is 6.88. The van der Waals surface area contributed by atoms with Gasteiger partial charge in [-0.25, -0.2) is 9.98 Å². The fourth-order valence-corrected chi connectivity index (χ4v) is 10.5. The molecule has 0 fully saturated rings. The van der Waals surface area contributed by atoms with Crippen LogP contribution in [0, 0.1) is 0 Å². The molecule has 0 radical (unpaired) electrons. The molecule has 1 aliphatic heterocycles. The summed E-state index contributed by atoms with van der Waals surface area (Å²) in [4.78, 5) is 11.1. The number of hydrogen-bond donors (Lipinski definition) is 1. The Bertz CT molecular complexity index is 4180. The van der Waals surface area contributed by atoms with Gasteiger partial charge in [0, 0.05) is 54.7 Å². The van der Waals surface area contributed by atoms with Crippen molar-refractivity contribution < 1.29 is 4.42 Å². The standard InChI is InChI=1S/C61H39N5O/c1-3-16-38(17-4-1)39-30-32-40(33-31-39)59-62-60(64-61(63-59)48-25-15-28-53-57(48)47-24-10-13-27-52(47)65(53)44-20-5-2-6-21-44)43-35-50-46-23-11-14-29-56(46)67-58(50)55(37-43)66-51-26-12-9-22-45(51)49-34-41-18-7-8-19-42(41)36-54(49)66/h1-37,61H,(H,62,63,64). The highest BCUT2D eigenvalue weighted by Crippen LogP contribution is 2.42. The van der Waals surface area contributed by atoms with Gasteiger partial charge in [-0.3, -0.25) is 0 Å². The summed E-state index contributed by atoms with van der Waals surface area (Å²) in [5.74, 6) is 1.38. The second-order valence-corrected chi connectivity index (χ2v) is 17.4. The topological polar surface area (TPSA) is 59.8 Å². The molecule has 1 unspecified atom stereocenters. The lowest BCUT2D eigenvalue weighted by molar-refractivity contribution is 0.666. The van der Waals surface area contributed by atoms with Gasteiger partial charge in [-0.15, -0.1) is 0 Å². The van der Waals surface area contributed by atoms with Crippen LogP contribution in [-0.4, -0.2) is 20.8 Å². The van der Waals surface area contributed by atoms with E-state index in [9.17, 15) is 0 Å². The lowest BCUT2D eigenvalue weighted by Gasteiger charge is -2.25. The largest absolute Gasteiger partial charge is 0.454 e. The van der Waals surface area contributed by atoms with E-state index in [4.69, 9.17) is 14.4 Å². The molecular formula is C61H39N5O. The molecule has 0 saturated carbocycles. The Hall–Kier alpha value is -9.00. The molecule has 10 aromatic carbocycles. The molecule has 1 atom stereocenters. The number of amidine groups is 2. The highest BCUT2D eigenvalue weighted by molar-refractivity contribution is 6.19. The zero-order valence-corrected chi connectivity index (χ0v) is 36.1. The molecule has 0 bridgehead atoms. The molecule has 0 spiro atoms. The summed E-state index contributed by atoms with van der Waals surface area (Å²) in [6.45, 7) is 0. The van der Waals surface area contributed by atoms with Gasteiger partial charge in [0.15, 0.2) is 11.4 Å². The van der Waals surface area contributed by atoms with Crippen LogP contribution in [0.5, 0.6) is 0 Å². The molecule has 13 aromatic rings. The minimum atomic E-state index is -0.477. The Kier molecular flexibility index (Phi) is 8.24. The summed E-state index contributed by atoms with van der Waals surface area (Å²) >= 11 is 0. The maximum Gasteiger partial charge on any atom is 0.159 e. The number of hydrogen-bond acceptors (Lipinski definition) is 4. The highest BCUT2D eigenvalue weighted by Gasteiger charge is 2.27. The van der Waals surface area contributed by atoms with Crippen molar-refractivity contribution in [3.05, 3.63) is 241 Å². The van der Waals surface area contributed by atoms with E-state index in [1.807, 2.05) is 6.07 Å². The first-order valence-corrected chi connectivity index (χ1v) is 22.8. The van der Waals surface area contributed by atoms with Gasteiger partial charge in [0.25, 0.3) is 0 Å². The number of aromatic nitrogens is 2. The van der Waals surface area contributed by atoms with Gasteiger partial charge in [-0.2, -0.15) is 0 Å². The first-order valence-electron chi connectivity index (χ1n) is 22.8. The third-order valence-electron chi connectivity index (χ3n) is 13.5. The average molecular weight is 858 g/mol. The monoisotopic (exact) mass is 857 g/mol. The molecule has 0 saturated heterocycles. The summed E-state index contributed by atoms with van der Waals surface area (Å²) < 4.78 is 11.6. The third kappa shape index (κ3) is 5.90. The summed E-state index contributed by atoms with van der Waals surface area (Å²) in [7, 11) is 0. The van der Waals surface area contributed by atoms with E-state index in [-0.39, 0.29) is 0 Å². The molecule has 0 aliphatic carbocycles. The van der Waals surface area contributed by atoms with E-state index in [1.165, 1.54) is 32.5 Å². The lowest BCUT2D eigenvalue weighted by atomic mass is 10.0. The van der Waals surface area contributed by atoms with Crippen molar-refractivity contribution in [1.29, 1.82) is 0 Å². The first kappa shape index (κ1) is 37.4. The smallest absolute Gasteiger partial charge is 0.159 e. The fraction of sp³-hybridized carbons (Fsp3) is 0.0164. The molecule has 67 heavy (non-hydrogen) atoms. The van der Waals surface area contributed by atoms with Crippen LogP contribution in [0.4, 0.5) is 0 Å². The van der Waals surface area contributed by atoms with Gasteiger partial charge in [0.1, 0.15) is 17.6 Å². The van der Waals surface area contributed by atoms with Crippen LogP contribution in [0.25, 0.3) is 98.8 Å². The van der Waals surface area contributed by atoms with Crippen LogP contribution < -0.4 is 5.32 Å². The van der Waals surface area contributed by atoms with Gasteiger partial charge >= 0.3 is 0 Å². The van der Waals surface area contributed by atoms with E-state index >= 15 is 0 Å². The molecule has 6 nitrogen and oxygen atoms in total. The van der Waals surface area contributed by atoms with Crippen molar-refractivity contribution in [2.45, 2.75) is 6.17 Å². The Morgan fingerprint density at radius 2 is 1.04 bits per heavy atom. The molecule has 14 rings (SSSR count). The number of fused-ring (bicyclic) bond motifs is 10. The predicted molar refractivity (Wildman–Crippen MR) is 277 cm³/mol. The van der Waals surface area contributed by atoms with Crippen LogP contribution >= 0.6 is 0 Å². The lowest BCUT2D eigenvalue weighted by Crippen LogP contribution is -2.33. The van der Waals surface area contributed by atoms with Gasteiger partial charge in [0.05, 0.1) is 27.8 Å². The number of furan rings is 1. The van der Waals surface area contributed by atoms with Crippen LogP contribution in [-0.2, 0) is 0 Å². The van der Waals surface area contributed by atoms with E-state index < -0.39 is 6.17 Å². The quantitative estimate of drug-likeness (QED) is 0.181. The molecular weight excluding hydrogens is 819 g/mol. The fourth-order valence-electron chi connectivity index (χ4n) is 10.5. The van der Waals surface area contributed by atoms with Crippen molar-refractivity contribution in [3.8, 4) is 22.5 Å².